The van der Waals surface area contributed by atoms with Crippen LogP contribution in [0, 0.1) is 0 Å². The van der Waals surface area contributed by atoms with E-state index in [2.05, 4.69) is 45.1 Å². The first-order valence-electron chi connectivity index (χ1n) is 10.8. The number of carbonyl (C=O) groups excluding carboxylic acids is 1. The average molecular weight is 491 g/mol. The number of morpholine rings is 1. The van der Waals surface area contributed by atoms with Crippen LogP contribution in [0.25, 0.3) is 0 Å². The first-order chi connectivity index (χ1) is 15.0. The molecule has 1 aliphatic rings. The summed E-state index contributed by atoms with van der Waals surface area (Å²) in [6.45, 7) is 8.89. The van der Waals surface area contributed by atoms with E-state index in [1.807, 2.05) is 33.0 Å². The second-order valence-electron chi connectivity index (χ2n) is 7.45. The van der Waals surface area contributed by atoms with Gasteiger partial charge < -0.3 is 24.0 Å². The second kappa shape index (κ2) is 11.4. The Hall–Kier alpha value is -2.25. The van der Waals surface area contributed by atoms with Crippen LogP contribution in [0.1, 0.15) is 25.0 Å². The summed E-state index contributed by atoms with van der Waals surface area (Å²) in [5.74, 6) is 1.39. The molecule has 0 atom stereocenters. The topological polar surface area (TPSA) is 51.2 Å². The van der Waals surface area contributed by atoms with Gasteiger partial charge in [0.2, 0.25) is 5.91 Å². The maximum atomic E-state index is 12.9. The molecule has 0 unspecified atom stereocenters. The number of amides is 1. The Balaban J connectivity index is 1.63. The molecular weight excluding hydrogens is 460 g/mol. The van der Waals surface area contributed by atoms with Crippen molar-refractivity contribution < 1.29 is 19.0 Å². The molecular formula is C24H31BrN2O4. The molecule has 0 bridgehead atoms. The summed E-state index contributed by atoms with van der Waals surface area (Å²) < 4.78 is 17.6. The highest BCUT2D eigenvalue weighted by Crippen LogP contribution is 2.34. The van der Waals surface area contributed by atoms with Crippen molar-refractivity contribution in [3.63, 3.8) is 0 Å². The Morgan fingerprint density at radius 1 is 1.06 bits per heavy atom. The lowest BCUT2D eigenvalue weighted by atomic mass is 10.1. The highest BCUT2D eigenvalue weighted by atomic mass is 79.9. The van der Waals surface area contributed by atoms with Gasteiger partial charge in [-0.15, -0.1) is 0 Å². The fraction of sp³-hybridized carbons (Fsp3) is 0.458. The lowest BCUT2D eigenvalue weighted by molar-refractivity contribution is -0.129. The third-order valence-corrected chi connectivity index (χ3v) is 5.95. The first-order valence-corrected chi connectivity index (χ1v) is 11.5. The molecule has 7 heteroatoms. The number of nitrogens with zero attached hydrogens (tertiary/aromatic N) is 2. The van der Waals surface area contributed by atoms with Crippen LogP contribution in [0.3, 0.4) is 0 Å². The van der Waals surface area contributed by atoms with Crippen LogP contribution in [-0.4, -0.2) is 57.4 Å². The van der Waals surface area contributed by atoms with Crippen LogP contribution in [0.15, 0.2) is 40.9 Å². The number of rotatable bonds is 9. The molecule has 0 N–H and O–H groups in total. The fourth-order valence-electron chi connectivity index (χ4n) is 3.54. The number of benzene rings is 2. The van der Waals surface area contributed by atoms with Crippen molar-refractivity contribution in [1.29, 1.82) is 0 Å². The summed E-state index contributed by atoms with van der Waals surface area (Å²) in [6, 6.07) is 12.2. The molecule has 2 aromatic rings. The van der Waals surface area contributed by atoms with E-state index in [0.717, 1.165) is 41.9 Å². The lowest BCUT2D eigenvalue weighted by Gasteiger charge is -2.29. The summed E-state index contributed by atoms with van der Waals surface area (Å²) >= 11 is 3.57. The van der Waals surface area contributed by atoms with Gasteiger partial charge in [0.15, 0.2) is 11.5 Å². The van der Waals surface area contributed by atoms with Crippen LogP contribution in [0.5, 0.6) is 11.5 Å². The Morgan fingerprint density at radius 2 is 1.68 bits per heavy atom. The van der Waals surface area contributed by atoms with Gasteiger partial charge in [-0.05, 0) is 49.2 Å². The maximum Gasteiger partial charge on any atom is 0.227 e. The Bertz CT molecular complexity index is 867. The van der Waals surface area contributed by atoms with E-state index in [4.69, 9.17) is 14.2 Å². The van der Waals surface area contributed by atoms with Crippen LogP contribution in [0.2, 0.25) is 0 Å². The third-order valence-electron chi connectivity index (χ3n) is 5.21. The number of anilines is 1. The second-order valence-corrected chi connectivity index (χ2v) is 8.30. The van der Waals surface area contributed by atoms with Crippen LogP contribution in [-0.2, 0) is 22.5 Å². The molecule has 1 fully saturated rings. The molecule has 0 saturated carbocycles. The first kappa shape index (κ1) is 23.4. The number of halogens is 1. The average Bonchev–Trinajstić information content (AvgIpc) is 2.78. The van der Waals surface area contributed by atoms with Crippen LogP contribution < -0.4 is 14.4 Å². The van der Waals surface area contributed by atoms with Crippen molar-refractivity contribution in [2.24, 2.45) is 0 Å². The minimum atomic E-state index is 0.0459. The molecule has 1 saturated heterocycles. The van der Waals surface area contributed by atoms with Crippen molar-refractivity contribution in [2.45, 2.75) is 26.8 Å². The molecule has 3 rings (SSSR count). The quantitative estimate of drug-likeness (QED) is 0.524. The van der Waals surface area contributed by atoms with E-state index >= 15 is 0 Å². The van der Waals surface area contributed by atoms with E-state index < -0.39 is 0 Å². The molecule has 1 aliphatic heterocycles. The summed E-state index contributed by atoms with van der Waals surface area (Å²) in [6.07, 6.45) is 0.287. The van der Waals surface area contributed by atoms with Gasteiger partial charge in [-0.1, -0.05) is 28.1 Å². The van der Waals surface area contributed by atoms with Gasteiger partial charge in [-0.3, -0.25) is 4.79 Å². The molecule has 0 radical (unpaired) electrons. The SMILES string of the molecule is CCOc1cc(Br)c(CC(=O)N(C)Cc2ccc(N3CCOCC3)cc2)cc1OCC. The van der Waals surface area contributed by atoms with Gasteiger partial charge in [0, 0.05) is 36.8 Å². The fourth-order valence-corrected chi connectivity index (χ4v) is 4.01. The van der Waals surface area contributed by atoms with Crippen LogP contribution >= 0.6 is 15.9 Å². The van der Waals surface area contributed by atoms with E-state index in [1.54, 1.807) is 4.90 Å². The molecule has 1 heterocycles. The monoisotopic (exact) mass is 490 g/mol. The van der Waals surface area contributed by atoms with Gasteiger partial charge in [0.1, 0.15) is 0 Å². The van der Waals surface area contributed by atoms with Crippen molar-refractivity contribution in [2.75, 3.05) is 51.5 Å². The highest BCUT2D eigenvalue weighted by Gasteiger charge is 2.17. The zero-order valence-electron chi connectivity index (χ0n) is 18.5. The van der Waals surface area contributed by atoms with Gasteiger partial charge in [0.25, 0.3) is 0 Å². The van der Waals surface area contributed by atoms with E-state index in [0.29, 0.717) is 31.3 Å². The van der Waals surface area contributed by atoms with Crippen molar-refractivity contribution >= 4 is 27.5 Å². The van der Waals surface area contributed by atoms with Gasteiger partial charge in [0.05, 0.1) is 32.8 Å². The zero-order chi connectivity index (χ0) is 22.2. The number of likely N-dealkylation sites (N-methyl/N-ethyl adjacent to an activating group) is 1. The third kappa shape index (κ3) is 6.37. The summed E-state index contributed by atoms with van der Waals surface area (Å²) in [5, 5.41) is 0. The molecule has 168 valence electrons. The van der Waals surface area contributed by atoms with Crippen molar-refractivity contribution in [1.82, 2.24) is 4.90 Å². The molecule has 0 aliphatic carbocycles. The largest absolute Gasteiger partial charge is 0.490 e. The standard InChI is InChI=1S/C24H31BrN2O4/c1-4-30-22-14-19(21(25)16-23(22)31-5-2)15-24(28)26(3)17-18-6-8-20(9-7-18)27-10-12-29-13-11-27/h6-9,14,16H,4-5,10-13,15,17H2,1-3H3. The van der Waals surface area contributed by atoms with Gasteiger partial charge >= 0.3 is 0 Å². The highest BCUT2D eigenvalue weighted by molar-refractivity contribution is 9.10. The Kier molecular flexibility index (Phi) is 8.60. The van der Waals surface area contributed by atoms with Crippen LogP contribution in [0.4, 0.5) is 5.69 Å². The molecule has 2 aromatic carbocycles. The molecule has 1 amide bonds. The predicted molar refractivity (Wildman–Crippen MR) is 126 cm³/mol. The van der Waals surface area contributed by atoms with Crippen molar-refractivity contribution in [3.05, 3.63) is 52.0 Å². The number of hydrogen-bond acceptors (Lipinski definition) is 5. The van der Waals surface area contributed by atoms with Gasteiger partial charge in [-0.2, -0.15) is 0 Å². The Labute approximate surface area is 193 Å². The van der Waals surface area contributed by atoms with E-state index in [-0.39, 0.29) is 12.3 Å². The zero-order valence-corrected chi connectivity index (χ0v) is 20.1. The minimum absolute atomic E-state index is 0.0459. The van der Waals surface area contributed by atoms with E-state index in [1.165, 1.54) is 5.69 Å². The summed E-state index contributed by atoms with van der Waals surface area (Å²) in [5.41, 5.74) is 3.18. The van der Waals surface area contributed by atoms with E-state index in [9.17, 15) is 4.79 Å². The van der Waals surface area contributed by atoms with Gasteiger partial charge in [-0.25, -0.2) is 0 Å². The molecule has 0 spiro atoms. The predicted octanol–water partition coefficient (Wildman–Crippen LogP) is 4.28. The summed E-state index contributed by atoms with van der Waals surface area (Å²) in [4.78, 5) is 17.0. The molecule has 6 nitrogen and oxygen atoms in total. The molecule has 0 aromatic heterocycles. The molecule has 31 heavy (non-hydrogen) atoms. The number of carbonyl (C=O) groups is 1. The Morgan fingerprint density at radius 3 is 2.29 bits per heavy atom. The smallest absolute Gasteiger partial charge is 0.227 e. The normalized spacial score (nSPS) is 13.7. The number of hydrogen-bond donors (Lipinski definition) is 0. The maximum absolute atomic E-state index is 12.9. The lowest BCUT2D eigenvalue weighted by Crippen LogP contribution is -2.36. The number of ether oxygens (including phenoxy) is 3. The summed E-state index contributed by atoms with van der Waals surface area (Å²) in [7, 11) is 1.84. The van der Waals surface area contributed by atoms with Crippen molar-refractivity contribution in [3.8, 4) is 11.5 Å². The minimum Gasteiger partial charge on any atom is -0.490 e.